The van der Waals surface area contributed by atoms with E-state index in [1.54, 1.807) is 0 Å². The molecule has 53 heavy (non-hydrogen) atoms. The van der Waals surface area contributed by atoms with Gasteiger partial charge in [-0.1, -0.05) is 24.3 Å². The highest BCUT2D eigenvalue weighted by Crippen LogP contribution is 2.67. The van der Waals surface area contributed by atoms with Crippen molar-refractivity contribution in [2.24, 2.45) is 0 Å². The number of para-hydroxylation sites is 1. The van der Waals surface area contributed by atoms with E-state index in [4.69, 9.17) is 28.1 Å². The number of ether oxygens (including phenoxy) is 5. The Kier molecular flexibility index (Phi) is 7.05. The van der Waals surface area contributed by atoms with Crippen molar-refractivity contribution in [2.45, 2.75) is 67.6 Å². The van der Waals surface area contributed by atoms with Gasteiger partial charge in [0.15, 0.2) is 28.8 Å². The molecule has 1 spiro atoms. The van der Waals surface area contributed by atoms with E-state index in [-0.39, 0.29) is 32.1 Å². The minimum Gasteiger partial charge on any atom is -0.504 e. The summed E-state index contributed by atoms with van der Waals surface area (Å²) in [7, 11) is 3.47. The maximum absolute atomic E-state index is 14.9. The van der Waals surface area contributed by atoms with Gasteiger partial charge in [-0.15, -0.1) is 11.8 Å². The number of nitrogens with one attached hydrogen (secondary N) is 1. The standard InChI is InChI=1S/C39H39N3O10S/c1-17-12-20-13-38(46)15-41(4)28(25(20)30(44)31(17)47-5)29-35-27-26(34-33(49-16-50-34)18(2)32(27)51-19(3)43)23(42(29)38)14-48-37(45)39(53-35)36-22(10-11-40-39)21-8-6-7-9-24(21)52-36/h6-9,12,23,28-29,35,40,44,46H,10-11,13-16H2,1-5H3/t23?,28-,29+,35+,38?,39-/m0/s1. The van der Waals surface area contributed by atoms with E-state index < -0.39 is 45.9 Å². The number of phenols is 1. The zero-order chi connectivity index (χ0) is 36.7. The number of piperazine rings is 1. The number of benzene rings is 3. The molecule has 9 heterocycles. The number of likely N-dealkylation sites (N-methyl/N-ethyl adjacent to an activating group) is 1. The lowest BCUT2D eigenvalue weighted by Gasteiger charge is -2.60. The van der Waals surface area contributed by atoms with Crippen molar-refractivity contribution in [3.8, 4) is 28.7 Å². The summed E-state index contributed by atoms with van der Waals surface area (Å²) in [6.45, 7) is 5.52. The summed E-state index contributed by atoms with van der Waals surface area (Å²) in [5.74, 6) is 0.977. The molecule has 4 aromatic rings. The molecule has 276 valence electrons. The Morgan fingerprint density at radius 3 is 2.68 bits per heavy atom. The maximum Gasteiger partial charge on any atom is 0.345 e. The van der Waals surface area contributed by atoms with E-state index in [0.29, 0.717) is 69.6 Å². The average molecular weight is 742 g/mol. The van der Waals surface area contributed by atoms with Crippen LogP contribution < -0.4 is 24.3 Å². The van der Waals surface area contributed by atoms with Crippen molar-refractivity contribution in [1.82, 2.24) is 15.1 Å². The summed E-state index contributed by atoms with van der Waals surface area (Å²) in [6.07, 6.45) is 0.804. The summed E-state index contributed by atoms with van der Waals surface area (Å²) in [5, 5.41) is 28.9. The quantitative estimate of drug-likeness (QED) is 0.197. The first-order chi connectivity index (χ1) is 25.5. The molecule has 12 rings (SSSR count). The molecule has 0 aliphatic carbocycles. The lowest BCUT2D eigenvalue weighted by Crippen LogP contribution is -2.69. The average Bonchev–Trinajstić information content (AvgIpc) is 3.73. The number of rotatable bonds is 2. The molecule has 0 amide bonds. The molecule has 13 nitrogen and oxygen atoms in total. The number of nitrogens with zero attached hydrogens (tertiary/aromatic N) is 2. The molecule has 14 heteroatoms. The van der Waals surface area contributed by atoms with Crippen LogP contribution >= 0.6 is 11.8 Å². The summed E-state index contributed by atoms with van der Waals surface area (Å²) in [4.78, 5) is 30.4. The molecule has 0 saturated carbocycles. The van der Waals surface area contributed by atoms with E-state index >= 15 is 0 Å². The van der Waals surface area contributed by atoms with Gasteiger partial charge in [-0.2, -0.15) is 0 Å². The first-order valence-corrected chi connectivity index (χ1v) is 18.7. The number of aromatic hydroxyl groups is 1. The third kappa shape index (κ3) is 4.29. The second-order valence-electron chi connectivity index (χ2n) is 14.9. The van der Waals surface area contributed by atoms with E-state index in [9.17, 15) is 19.8 Å². The molecule has 1 aromatic heterocycles. The smallest absolute Gasteiger partial charge is 0.345 e. The summed E-state index contributed by atoms with van der Waals surface area (Å²) < 4.78 is 37.2. The monoisotopic (exact) mass is 741 g/mol. The van der Waals surface area contributed by atoms with Crippen LogP contribution in [-0.2, 0) is 32.0 Å². The van der Waals surface area contributed by atoms with Crippen molar-refractivity contribution in [3.05, 3.63) is 75.0 Å². The van der Waals surface area contributed by atoms with Crippen molar-refractivity contribution >= 4 is 34.7 Å². The lowest BCUT2D eigenvalue weighted by atomic mass is 9.78. The minimum atomic E-state index is -1.54. The third-order valence-corrected chi connectivity index (χ3v) is 13.6. The van der Waals surface area contributed by atoms with Crippen LogP contribution in [0.25, 0.3) is 11.0 Å². The molecule has 3 aromatic carbocycles. The van der Waals surface area contributed by atoms with Crippen LogP contribution in [0.2, 0.25) is 0 Å². The molecule has 3 unspecified atom stereocenters. The number of methoxy groups -OCH3 is 1. The number of hydrogen-bond acceptors (Lipinski definition) is 14. The van der Waals surface area contributed by atoms with Gasteiger partial charge in [-0.05, 0) is 44.5 Å². The zero-order valence-electron chi connectivity index (χ0n) is 29.9. The predicted molar refractivity (Wildman–Crippen MR) is 191 cm³/mol. The fourth-order valence-corrected chi connectivity index (χ4v) is 11.9. The molecule has 0 radical (unpaired) electrons. The molecule has 3 N–H and O–H groups in total. The number of hydrogen-bond donors (Lipinski definition) is 3. The first kappa shape index (κ1) is 33.1. The van der Waals surface area contributed by atoms with Gasteiger partial charge >= 0.3 is 11.9 Å². The van der Waals surface area contributed by atoms with E-state index in [1.165, 1.54) is 25.8 Å². The fraction of sp³-hybridized carbons (Fsp3) is 0.436. The molecule has 4 bridgehead atoms. The Balaban J connectivity index is 1.31. The number of carbonyl (C=O) groups excluding carboxylic acids is 2. The zero-order valence-corrected chi connectivity index (χ0v) is 30.7. The summed E-state index contributed by atoms with van der Waals surface area (Å²) in [5.41, 5.74) is 4.09. The fourth-order valence-electron chi connectivity index (χ4n) is 10.1. The van der Waals surface area contributed by atoms with Crippen LogP contribution in [0.5, 0.6) is 28.7 Å². The van der Waals surface area contributed by atoms with Gasteiger partial charge in [-0.3, -0.25) is 19.9 Å². The highest BCUT2D eigenvalue weighted by Gasteiger charge is 2.66. The Bertz CT molecular complexity index is 2290. The predicted octanol–water partition coefficient (Wildman–Crippen LogP) is 4.40. The number of thioether (sulfide) groups is 1. The van der Waals surface area contributed by atoms with Gasteiger partial charge in [0.25, 0.3) is 0 Å². The number of carbonyl (C=O) groups is 2. The number of aliphatic hydroxyl groups is 1. The largest absolute Gasteiger partial charge is 0.504 e. The minimum absolute atomic E-state index is 0.00546. The van der Waals surface area contributed by atoms with Gasteiger partial charge in [0.1, 0.15) is 23.7 Å². The topological polar surface area (TPSA) is 152 Å². The van der Waals surface area contributed by atoms with Gasteiger partial charge < -0.3 is 38.3 Å². The Morgan fingerprint density at radius 1 is 1.09 bits per heavy atom. The van der Waals surface area contributed by atoms with Crippen LogP contribution in [0.1, 0.15) is 69.0 Å². The highest BCUT2D eigenvalue weighted by molar-refractivity contribution is 8.01. The maximum atomic E-state index is 14.9. The number of phenolic OH excluding ortho intramolecular Hbond substituents is 1. The Hall–Kier alpha value is -4.47. The number of esters is 2. The van der Waals surface area contributed by atoms with Crippen LogP contribution in [-0.4, -0.2) is 84.4 Å². The molecular weight excluding hydrogens is 703 g/mol. The molecule has 8 aliphatic heterocycles. The van der Waals surface area contributed by atoms with Crippen LogP contribution in [0.3, 0.4) is 0 Å². The highest BCUT2D eigenvalue weighted by atomic mass is 32.2. The SMILES string of the molecule is COc1c(C)cc2c(c1O)[C@H]1[C@@H]3[C@@H]4S[C@]5(NCCc6c5oc5ccccc65)C(=O)OCC(c5c6c(c(C)c(OC(C)=O)c54)OCO6)N3C(O)(C2)CN1C. The van der Waals surface area contributed by atoms with Crippen molar-refractivity contribution in [3.63, 3.8) is 0 Å². The van der Waals surface area contributed by atoms with Crippen LogP contribution in [0.15, 0.2) is 34.7 Å². The second-order valence-corrected chi connectivity index (χ2v) is 16.3. The van der Waals surface area contributed by atoms with E-state index in [2.05, 4.69) is 15.1 Å². The van der Waals surface area contributed by atoms with Crippen molar-refractivity contribution in [2.75, 3.05) is 40.6 Å². The summed E-state index contributed by atoms with van der Waals surface area (Å²) in [6, 6.07) is 7.79. The lowest BCUT2D eigenvalue weighted by molar-refractivity contribution is -0.213. The number of fused-ring (bicyclic) bond motifs is 7. The summed E-state index contributed by atoms with van der Waals surface area (Å²) >= 11 is 1.31. The Morgan fingerprint density at radius 2 is 1.89 bits per heavy atom. The van der Waals surface area contributed by atoms with E-state index in [1.807, 2.05) is 51.2 Å². The normalized spacial score (nSPS) is 30.8. The van der Waals surface area contributed by atoms with Gasteiger partial charge in [0.2, 0.25) is 11.7 Å². The van der Waals surface area contributed by atoms with Crippen LogP contribution in [0.4, 0.5) is 0 Å². The molecular formula is C39H39N3O10S. The Labute approximate surface area is 309 Å². The second kappa shape index (κ2) is 11.3. The van der Waals surface area contributed by atoms with Crippen molar-refractivity contribution < 1.29 is 47.9 Å². The number of aryl methyl sites for hydroxylation is 1. The molecule has 2 fully saturated rings. The third-order valence-electron chi connectivity index (χ3n) is 12.0. The molecule has 2 saturated heterocycles. The van der Waals surface area contributed by atoms with Gasteiger partial charge in [0.05, 0.1) is 24.4 Å². The van der Waals surface area contributed by atoms with Gasteiger partial charge in [-0.25, -0.2) is 4.79 Å². The number of furan rings is 1. The molecule has 8 aliphatic rings. The van der Waals surface area contributed by atoms with Crippen molar-refractivity contribution in [1.29, 1.82) is 0 Å². The van der Waals surface area contributed by atoms with E-state index in [0.717, 1.165) is 22.1 Å². The first-order valence-electron chi connectivity index (χ1n) is 17.8. The van der Waals surface area contributed by atoms with Crippen LogP contribution in [0, 0.1) is 13.8 Å². The van der Waals surface area contributed by atoms with Gasteiger partial charge in [0, 0.05) is 65.7 Å². The molecule has 7 atom stereocenters.